The minimum atomic E-state index is -0.540. The third kappa shape index (κ3) is 5.28. The lowest BCUT2D eigenvalue weighted by Crippen LogP contribution is -2.51. The molecule has 1 heterocycles. The molecule has 1 aliphatic carbocycles. The second kappa shape index (κ2) is 9.96. The average Bonchev–Trinajstić information content (AvgIpc) is 3.35. The Bertz CT molecular complexity index is 691. The molecule has 3 rings (SSSR count). The van der Waals surface area contributed by atoms with Gasteiger partial charge in [-0.2, -0.15) is 11.8 Å². The Balaban J connectivity index is 1.59. The number of para-hydroxylation sites is 1. The van der Waals surface area contributed by atoms with Crippen molar-refractivity contribution in [2.24, 2.45) is 5.92 Å². The first-order valence-electron chi connectivity index (χ1n) is 10.0. The van der Waals surface area contributed by atoms with Gasteiger partial charge in [-0.1, -0.05) is 31.0 Å². The number of hydrogen-bond acceptors (Lipinski definition) is 4. The largest absolute Gasteiger partial charge is 0.352 e. The van der Waals surface area contributed by atoms with Crippen LogP contribution in [0.25, 0.3) is 0 Å². The van der Waals surface area contributed by atoms with E-state index in [1.54, 1.807) is 16.7 Å². The molecular formula is C21H29N3O3S. The van der Waals surface area contributed by atoms with Gasteiger partial charge in [0.25, 0.3) is 0 Å². The number of carbonyl (C=O) groups is 3. The van der Waals surface area contributed by atoms with Gasteiger partial charge >= 0.3 is 0 Å². The molecule has 2 N–H and O–H groups in total. The van der Waals surface area contributed by atoms with Gasteiger partial charge in [0.05, 0.1) is 5.92 Å². The summed E-state index contributed by atoms with van der Waals surface area (Å²) in [6.45, 7) is 0.355. The van der Waals surface area contributed by atoms with Gasteiger partial charge in [-0.25, -0.2) is 0 Å². The molecule has 3 amide bonds. The number of carbonyl (C=O) groups excluding carboxylic acids is 3. The van der Waals surface area contributed by atoms with Crippen LogP contribution in [0.3, 0.4) is 0 Å². The molecule has 0 spiro atoms. The number of thioether (sulfide) groups is 1. The average molecular weight is 404 g/mol. The van der Waals surface area contributed by atoms with Crippen molar-refractivity contribution < 1.29 is 14.4 Å². The maximum Gasteiger partial charge on any atom is 0.242 e. The quantitative estimate of drug-likeness (QED) is 0.698. The van der Waals surface area contributed by atoms with Crippen LogP contribution in [-0.2, 0) is 14.4 Å². The summed E-state index contributed by atoms with van der Waals surface area (Å²) in [5.41, 5.74) is 0.806. The van der Waals surface area contributed by atoms with E-state index in [2.05, 4.69) is 10.6 Å². The van der Waals surface area contributed by atoms with Crippen LogP contribution < -0.4 is 15.5 Å². The number of amides is 3. The number of anilines is 1. The van der Waals surface area contributed by atoms with Crippen molar-refractivity contribution in [1.82, 2.24) is 10.6 Å². The fraction of sp³-hybridized carbons (Fsp3) is 0.571. The van der Waals surface area contributed by atoms with E-state index in [4.69, 9.17) is 0 Å². The summed E-state index contributed by atoms with van der Waals surface area (Å²) in [7, 11) is 0. The molecule has 0 bridgehead atoms. The van der Waals surface area contributed by atoms with Crippen LogP contribution in [0.4, 0.5) is 5.69 Å². The van der Waals surface area contributed by atoms with E-state index in [1.807, 2.05) is 36.6 Å². The SMILES string of the molecule is CSCCC(NC(=O)C1CC(=O)N(c2ccccc2)C1)C(=O)NC1CCCC1. The molecule has 1 saturated heterocycles. The number of hydrogen-bond donors (Lipinski definition) is 2. The maximum atomic E-state index is 12.8. The van der Waals surface area contributed by atoms with Crippen LogP contribution in [0.2, 0.25) is 0 Å². The van der Waals surface area contributed by atoms with E-state index in [0.717, 1.165) is 37.1 Å². The van der Waals surface area contributed by atoms with Crippen molar-refractivity contribution in [2.75, 3.05) is 23.5 Å². The van der Waals surface area contributed by atoms with Crippen molar-refractivity contribution in [3.05, 3.63) is 30.3 Å². The molecule has 1 aromatic rings. The Morgan fingerprint density at radius 3 is 2.61 bits per heavy atom. The van der Waals surface area contributed by atoms with Crippen LogP contribution >= 0.6 is 11.8 Å². The Hall–Kier alpha value is -2.02. The predicted octanol–water partition coefficient (Wildman–Crippen LogP) is 2.34. The third-order valence-electron chi connectivity index (χ3n) is 5.51. The lowest BCUT2D eigenvalue weighted by Gasteiger charge is -2.22. The molecule has 152 valence electrons. The summed E-state index contributed by atoms with van der Waals surface area (Å²) in [6.07, 6.45) is 7.07. The lowest BCUT2D eigenvalue weighted by molar-refractivity contribution is -0.131. The molecule has 0 radical (unpaired) electrons. The normalized spacial score (nSPS) is 21.0. The van der Waals surface area contributed by atoms with E-state index >= 15 is 0 Å². The van der Waals surface area contributed by atoms with E-state index in [-0.39, 0.29) is 30.2 Å². The Morgan fingerprint density at radius 2 is 1.93 bits per heavy atom. The fourth-order valence-corrected chi connectivity index (χ4v) is 4.38. The summed E-state index contributed by atoms with van der Waals surface area (Å²) >= 11 is 1.65. The molecule has 0 aromatic heterocycles. The summed E-state index contributed by atoms with van der Waals surface area (Å²) in [6, 6.07) is 9.07. The molecule has 28 heavy (non-hydrogen) atoms. The lowest BCUT2D eigenvalue weighted by atomic mass is 10.1. The van der Waals surface area contributed by atoms with Gasteiger partial charge in [-0.05, 0) is 43.4 Å². The zero-order valence-electron chi connectivity index (χ0n) is 16.4. The van der Waals surface area contributed by atoms with Crippen molar-refractivity contribution >= 4 is 35.2 Å². The summed E-state index contributed by atoms with van der Waals surface area (Å²) in [5.74, 6) is 0.00662. The minimum Gasteiger partial charge on any atom is -0.352 e. The summed E-state index contributed by atoms with van der Waals surface area (Å²) in [4.78, 5) is 39.5. The topological polar surface area (TPSA) is 78.5 Å². The molecule has 1 aromatic carbocycles. The first-order chi connectivity index (χ1) is 13.6. The van der Waals surface area contributed by atoms with Crippen LogP contribution in [0.1, 0.15) is 38.5 Å². The van der Waals surface area contributed by atoms with Crippen LogP contribution in [0, 0.1) is 5.92 Å². The van der Waals surface area contributed by atoms with E-state index in [0.29, 0.717) is 13.0 Å². The zero-order chi connectivity index (χ0) is 19.9. The molecular weight excluding hydrogens is 374 g/mol. The third-order valence-corrected chi connectivity index (χ3v) is 6.15. The van der Waals surface area contributed by atoms with Crippen LogP contribution in [0.15, 0.2) is 30.3 Å². The molecule has 1 aliphatic heterocycles. The molecule has 2 fully saturated rings. The van der Waals surface area contributed by atoms with Crippen LogP contribution in [0.5, 0.6) is 0 Å². The van der Waals surface area contributed by atoms with Crippen molar-refractivity contribution in [3.8, 4) is 0 Å². The molecule has 6 nitrogen and oxygen atoms in total. The Morgan fingerprint density at radius 1 is 1.21 bits per heavy atom. The van der Waals surface area contributed by atoms with Gasteiger partial charge in [0.2, 0.25) is 17.7 Å². The van der Waals surface area contributed by atoms with Gasteiger partial charge in [-0.15, -0.1) is 0 Å². The summed E-state index contributed by atoms with van der Waals surface area (Å²) < 4.78 is 0. The van der Waals surface area contributed by atoms with Gasteiger partial charge in [0.15, 0.2) is 0 Å². The minimum absolute atomic E-state index is 0.0533. The fourth-order valence-electron chi connectivity index (χ4n) is 3.91. The highest BCUT2D eigenvalue weighted by Gasteiger charge is 2.36. The molecule has 2 aliphatic rings. The van der Waals surface area contributed by atoms with E-state index in [9.17, 15) is 14.4 Å². The van der Waals surface area contributed by atoms with E-state index < -0.39 is 12.0 Å². The highest BCUT2D eigenvalue weighted by atomic mass is 32.2. The van der Waals surface area contributed by atoms with Gasteiger partial charge in [0.1, 0.15) is 6.04 Å². The van der Waals surface area contributed by atoms with Crippen molar-refractivity contribution in [2.45, 2.75) is 50.6 Å². The smallest absolute Gasteiger partial charge is 0.242 e. The maximum absolute atomic E-state index is 12.8. The monoisotopic (exact) mass is 403 g/mol. The summed E-state index contributed by atoms with van der Waals surface area (Å²) in [5, 5.41) is 6.00. The first kappa shape index (κ1) is 20.7. The number of nitrogens with zero attached hydrogens (tertiary/aromatic N) is 1. The number of benzene rings is 1. The first-order valence-corrected chi connectivity index (χ1v) is 11.4. The standard InChI is InChI=1S/C21H29N3O3S/c1-28-12-11-18(21(27)22-16-7-5-6-8-16)23-20(26)15-13-19(25)24(14-15)17-9-3-2-4-10-17/h2-4,9-10,15-16,18H,5-8,11-14H2,1H3,(H,22,27)(H,23,26). The highest BCUT2D eigenvalue weighted by molar-refractivity contribution is 7.98. The predicted molar refractivity (Wildman–Crippen MR) is 112 cm³/mol. The molecule has 2 atom stereocenters. The van der Waals surface area contributed by atoms with E-state index in [1.165, 1.54) is 0 Å². The van der Waals surface area contributed by atoms with Crippen LogP contribution in [-0.4, -0.2) is 48.4 Å². The van der Waals surface area contributed by atoms with Crippen molar-refractivity contribution in [1.29, 1.82) is 0 Å². The van der Waals surface area contributed by atoms with Gasteiger partial charge in [-0.3, -0.25) is 14.4 Å². The Labute approximate surface area is 170 Å². The second-order valence-electron chi connectivity index (χ2n) is 7.57. The van der Waals surface area contributed by atoms with Gasteiger partial charge < -0.3 is 15.5 Å². The second-order valence-corrected chi connectivity index (χ2v) is 8.56. The Kier molecular flexibility index (Phi) is 7.36. The molecule has 1 saturated carbocycles. The molecule has 7 heteroatoms. The molecule has 2 unspecified atom stereocenters. The highest BCUT2D eigenvalue weighted by Crippen LogP contribution is 2.25. The van der Waals surface area contributed by atoms with Gasteiger partial charge in [0, 0.05) is 24.7 Å². The number of rotatable bonds is 8. The zero-order valence-corrected chi connectivity index (χ0v) is 17.2. The number of nitrogens with one attached hydrogen (secondary N) is 2. The van der Waals surface area contributed by atoms with Crippen molar-refractivity contribution in [3.63, 3.8) is 0 Å².